The zero-order valence-corrected chi connectivity index (χ0v) is 10.2. The highest BCUT2D eigenvalue weighted by Crippen LogP contribution is 2.23. The molecule has 0 aliphatic rings. The summed E-state index contributed by atoms with van der Waals surface area (Å²) in [6.07, 6.45) is 0. The quantitative estimate of drug-likeness (QED) is 0.860. The molecule has 0 spiro atoms. The number of benzene rings is 2. The Bertz CT molecular complexity index is 522. The molecule has 1 atom stereocenters. The molecule has 2 rings (SSSR count). The van der Waals surface area contributed by atoms with Crippen molar-refractivity contribution in [2.45, 2.75) is 13.0 Å². The maximum atomic E-state index is 13.3. The van der Waals surface area contributed by atoms with Gasteiger partial charge in [-0.2, -0.15) is 0 Å². The summed E-state index contributed by atoms with van der Waals surface area (Å²) in [4.78, 5) is 0. The van der Waals surface area contributed by atoms with Gasteiger partial charge in [-0.1, -0.05) is 47.5 Å². The average molecular weight is 250 g/mol. The lowest BCUT2D eigenvalue weighted by Crippen LogP contribution is -2.12. The molecule has 0 radical (unpaired) electrons. The molecule has 0 amide bonds. The summed E-state index contributed by atoms with van der Waals surface area (Å²) >= 11 is 5.64. The van der Waals surface area contributed by atoms with Gasteiger partial charge in [-0.25, -0.2) is 4.39 Å². The Hall–Kier alpha value is -1.38. The predicted molar refractivity (Wildman–Crippen MR) is 68.6 cm³/mol. The van der Waals surface area contributed by atoms with Crippen molar-refractivity contribution in [3.05, 3.63) is 70.0 Å². The van der Waals surface area contributed by atoms with E-state index < -0.39 is 5.82 Å². The van der Waals surface area contributed by atoms with E-state index in [-0.39, 0.29) is 11.1 Å². The third-order valence-electron chi connectivity index (χ3n) is 2.74. The molecule has 17 heavy (non-hydrogen) atoms. The molecule has 0 saturated carbocycles. The summed E-state index contributed by atoms with van der Waals surface area (Å²) in [5.41, 5.74) is 8.92. The third kappa shape index (κ3) is 2.65. The van der Waals surface area contributed by atoms with E-state index in [1.54, 1.807) is 6.07 Å². The molecular formula is C14H13ClFN. The molecule has 0 aromatic heterocycles. The fourth-order valence-corrected chi connectivity index (χ4v) is 1.79. The molecule has 0 fully saturated rings. The second-order valence-corrected chi connectivity index (χ2v) is 4.47. The van der Waals surface area contributed by atoms with Crippen LogP contribution in [0.3, 0.4) is 0 Å². The first-order chi connectivity index (χ1) is 8.08. The molecular weight excluding hydrogens is 237 g/mol. The van der Waals surface area contributed by atoms with Crippen LogP contribution < -0.4 is 5.73 Å². The molecule has 0 aliphatic heterocycles. The van der Waals surface area contributed by atoms with Gasteiger partial charge in [0.1, 0.15) is 5.82 Å². The molecule has 2 aromatic rings. The first kappa shape index (κ1) is 12.1. The zero-order valence-electron chi connectivity index (χ0n) is 9.45. The van der Waals surface area contributed by atoms with Gasteiger partial charge in [-0.05, 0) is 30.2 Å². The average Bonchev–Trinajstić information content (AvgIpc) is 2.33. The Kier molecular flexibility index (Phi) is 3.46. The van der Waals surface area contributed by atoms with Crippen LogP contribution in [0.25, 0.3) is 0 Å². The highest BCUT2D eigenvalue weighted by molar-refractivity contribution is 6.30. The largest absolute Gasteiger partial charge is 0.320 e. The molecule has 1 nitrogen and oxygen atoms in total. The van der Waals surface area contributed by atoms with Crippen molar-refractivity contribution < 1.29 is 4.39 Å². The first-order valence-electron chi connectivity index (χ1n) is 5.35. The van der Waals surface area contributed by atoms with Crippen LogP contribution in [0.15, 0.2) is 42.5 Å². The lowest BCUT2D eigenvalue weighted by molar-refractivity contribution is 0.624. The van der Waals surface area contributed by atoms with Crippen LogP contribution in [-0.2, 0) is 0 Å². The number of nitrogens with two attached hydrogens (primary N) is 1. The van der Waals surface area contributed by atoms with Gasteiger partial charge in [0.2, 0.25) is 0 Å². The SMILES string of the molecule is Cc1ccc(C(N)c2ccc(Cl)c(F)c2)cc1. The number of hydrogen-bond acceptors (Lipinski definition) is 1. The van der Waals surface area contributed by atoms with Crippen molar-refractivity contribution in [3.8, 4) is 0 Å². The van der Waals surface area contributed by atoms with Gasteiger partial charge >= 0.3 is 0 Å². The van der Waals surface area contributed by atoms with Crippen LogP contribution in [0.5, 0.6) is 0 Å². The van der Waals surface area contributed by atoms with Crippen LogP contribution in [0.2, 0.25) is 5.02 Å². The molecule has 0 aliphatic carbocycles. The van der Waals surface area contributed by atoms with Gasteiger partial charge in [0.05, 0.1) is 11.1 Å². The van der Waals surface area contributed by atoms with Crippen molar-refractivity contribution in [2.75, 3.05) is 0 Å². The lowest BCUT2D eigenvalue weighted by atomic mass is 9.99. The van der Waals surface area contributed by atoms with E-state index in [1.165, 1.54) is 17.7 Å². The lowest BCUT2D eigenvalue weighted by Gasteiger charge is -2.13. The van der Waals surface area contributed by atoms with Crippen LogP contribution in [0.1, 0.15) is 22.7 Å². The van der Waals surface area contributed by atoms with E-state index in [2.05, 4.69) is 0 Å². The summed E-state index contributed by atoms with van der Waals surface area (Å²) < 4.78 is 13.3. The monoisotopic (exact) mass is 249 g/mol. The number of aryl methyl sites for hydroxylation is 1. The second-order valence-electron chi connectivity index (χ2n) is 4.06. The normalized spacial score (nSPS) is 12.5. The third-order valence-corrected chi connectivity index (χ3v) is 3.05. The molecule has 0 bridgehead atoms. The molecule has 0 saturated heterocycles. The van der Waals surface area contributed by atoms with Crippen molar-refractivity contribution >= 4 is 11.6 Å². The van der Waals surface area contributed by atoms with E-state index in [4.69, 9.17) is 17.3 Å². The topological polar surface area (TPSA) is 26.0 Å². The summed E-state index contributed by atoms with van der Waals surface area (Å²) in [6.45, 7) is 2.01. The van der Waals surface area contributed by atoms with Gasteiger partial charge in [-0.3, -0.25) is 0 Å². The smallest absolute Gasteiger partial charge is 0.142 e. The highest BCUT2D eigenvalue weighted by atomic mass is 35.5. The van der Waals surface area contributed by atoms with E-state index in [9.17, 15) is 4.39 Å². The summed E-state index contributed by atoms with van der Waals surface area (Å²) in [5.74, 6) is -0.438. The molecule has 2 N–H and O–H groups in total. The van der Waals surface area contributed by atoms with Crippen LogP contribution >= 0.6 is 11.6 Å². The fraction of sp³-hybridized carbons (Fsp3) is 0.143. The standard InChI is InChI=1S/C14H13ClFN/c1-9-2-4-10(5-3-9)14(17)11-6-7-12(15)13(16)8-11/h2-8,14H,17H2,1H3. The summed E-state index contributed by atoms with van der Waals surface area (Å²) in [7, 11) is 0. The highest BCUT2D eigenvalue weighted by Gasteiger charge is 2.10. The summed E-state index contributed by atoms with van der Waals surface area (Å²) in [5, 5.41) is 0.116. The van der Waals surface area contributed by atoms with Gasteiger partial charge in [0, 0.05) is 0 Å². The van der Waals surface area contributed by atoms with Gasteiger partial charge in [0.25, 0.3) is 0 Å². The molecule has 3 heteroatoms. The number of rotatable bonds is 2. The van der Waals surface area contributed by atoms with Crippen molar-refractivity contribution in [1.29, 1.82) is 0 Å². The van der Waals surface area contributed by atoms with E-state index in [1.807, 2.05) is 31.2 Å². The number of hydrogen-bond donors (Lipinski definition) is 1. The summed E-state index contributed by atoms with van der Waals surface area (Å²) in [6, 6.07) is 12.2. The molecule has 1 unspecified atom stereocenters. The minimum absolute atomic E-state index is 0.116. The van der Waals surface area contributed by atoms with Gasteiger partial charge in [0.15, 0.2) is 0 Å². The minimum atomic E-state index is -0.438. The Balaban J connectivity index is 2.33. The fourth-order valence-electron chi connectivity index (χ4n) is 1.67. The number of halogens is 2. The maximum Gasteiger partial charge on any atom is 0.142 e. The Labute approximate surface area is 105 Å². The van der Waals surface area contributed by atoms with Crippen molar-refractivity contribution in [1.82, 2.24) is 0 Å². The molecule has 0 heterocycles. The first-order valence-corrected chi connectivity index (χ1v) is 5.73. The Morgan fingerprint density at radius 3 is 2.24 bits per heavy atom. The Morgan fingerprint density at radius 1 is 1.06 bits per heavy atom. The van der Waals surface area contributed by atoms with Crippen LogP contribution in [0, 0.1) is 12.7 Å². The van der Waals surface area contributed by atoms with Crippen LogP contribution in [-0.4, -0.2) is 0 Å². The molecule has 88 valence electrons. The van der Waals surface area contributed by atoms with Crippen molar-refractivity contribution in [2.24, 2.45) is 5.73 Å². The minimum Gasteiger partial charge on any atom is -0.320 e. The maximum absolute atomic E-state index is 13.3. The van der Waals surface area contributed by atoms with E-state index >= 15 is 0 Å². The zero-order chi connectivity index (χ0) is 12.4. The van der Waals surface area contributed by atoms with E-state index in [0.717, 1.165) is 11.1 Å². The Morgan fingerprint density at radius 2 is 1.65 bits per heavy atom. The van der Waals surface area contributed by atoms with Crippen molar-refractivity contribution in [3.63, 3.8) is 0 Å². The van der Waals surface area contributed by atoms with Gasteiger partial charge in [-0.15, -0.1) is 0 Å². The predicted octanol–water partition coefficient (Wildman–Crippen LogP) is 3.84. The van der Waals surface area contributed by atoms with Crippen LogP contribution in [0.4, 0.5) is 4.39 Å². The molecule has 2 aromatic carbocycles. The van der Waals surface area contributed by atoms with Gasteiger partial charge < -0.3 is 5.73 Å². The van der Waals surface area contributed by atoms with E-state index in [0.29, 0.717) is 0 Å². The second kappa shape index (κ2) is 4.86.